The van der Waals surface area contributed by atoms with E-state index in [1.54, 1.807) is 0 Å². The number of nitrogens with zero attached hydrogens (tertiary/aromatic N) is 2. The van der Waals surface area contributed by atoms with E-state index in [0.717, 1.165) is 24.1 Å². The summed E-state index contributed by atoms with van der Waals surface area (Å²) in [5.74, 6) is -2.07. The van der Waals surface area contributed by atoms with Gasteiger partial charge in [0, 0.05) is 17.8 Å². The van der Waals surface area contributed by atoms with Gasteiger partial charge in [-0.05, 0) is 56.4 Å². The number of fused-ring (bicyclic) bond motifs is 2. The molecular weight excluding hydrogens is 358 g/mol. The van der Waals surface area contributed by atoms with Crippen molar-refractivity contribution in [3.8, 4) is 5.88 Å². The number of rotatable bonds is 5. The molecule has 3 aliphatic rings. The zero-order valence-corrected chi connectivity index (χ0v) is 15.7. The van der Waals surface area contributed by atoms with Crippen molar-refractivity contribution in [2.75, 3.05) is 7.11 Å². The van der Waals surface area contributed by atoms with Gasteiger partial charge in [0.25, 0.3) is 11.8 Å². The maximum absolute atomic E-state index is 15.3. The Morgan fingerprint density at radius 3 is 2.85 bits per heavy atom. The predicted octanol–water partition coefficient (Wildman–Crippen LogP) is 4.44. The number of hydrogen-bond donors (Lipinski definition) is 0. The van der Waals surface area contributed by atoms with Gasteiger partial charge in [-0.25, -0.2) is 9.98 Å². The lowest BCUT2D eigenvalue weighted by Crippen LogP contribution is -2.44. The molecule has 26 heavy (non-hydrogen) atoms. The third kappa shape index (κ3) is 2.75. The molecule has 140 valence electrons. The molecule has 4 rings (SSSR count). The number of alkyl halides is 2. The van der Waals surface area contributed by atoms with Gasteiger partial charge in [0.2, 0.25) is 5.88 Å². The van der Waals surface area contributed by atoms with Crippen molar-refractivity contribution in [3.05, 3.63) is 23.9 Å². The summed E-state index contributed by atoms with van der Waals surface area (Å²) in [6.07, 6.45) is 6.84. The van der Waals surface area contributed by atoms with Crippen molar-refractivity contribution < 1.29 is 18.3 Å². The molecule has 2 heterocycles. The summed E-state index contributed by atoms with van der Waals surface area (Å²) in [7, 11) is 1.37. The normalized spacial score (nSPS) is 33.6. The predicted molar refractivity (Wildman–Crippen MR) is 96.7 cm³/mol. The molecule has 2 bridgehead atoms. The zero-order valence-electron chi connectivity index (χ0n) is 14.9. The van der Waals surface area contributed by atoms with Crippen molar-refractivity contribution >= 4 is 22.7 Å². The van der Waals surface area contributed by atoms with Gasteiger partial charge in [-0.15, -0.1) is 0 Å². The van der Waals surface area contributed by atoms with Gasteiger partial charge in [-0.3, -0.25) is 4.79 Å². The number of carbonyl (C=O) groups excluding carboxylic acids is 1. The van der Waals surface area contributed by atoms with Crippen molar-refractivity contribution in [2.45, 2.75) is 49.7 Å². The second-order valence-electron chi connectivity index (χ2n) is 7.75. The van der Waals surface area contributed by atoms with E-state index in [2.05, 4.69) is 9.98 Å². The summed E-state index contributed by atoms with van der Waals surface area (Å²) >= 11 is 0.940. The molecule has 4 unspecified atom stereocenters. The van der Waals surface area contributed by atoms with Crippen molar-refractivity contribution in [3.63, 3.8) is 0 Å². The van der Waals surface area contributed by atoms with Crippen molar-refractivity contribution in [1.82, 2.24) is 4.98 Å². The molecule has 0 aromatic carbocycles. The van der Waals surface area contributed by atoms with Crippen LogP contribution in [0.25, 0.3) is 0 Å². The maximum Gasteiger partial charge on any atom is 0.296 e. The maximum atomic E-state index is 15.3. The number of amides is 1. The molecule has 0 N–H and O–H groups in total. The second kappa shape index (κ2) is 6.29. The van der Waals surface area contributed by atoms with Gasteiger partial charge < -0.3 is 4.74 Å². The fourth-order valence-corrected chi connectivity index (χ4v) is 5.93. The zero-order chi connectivity index (χ0) is 18.5. The van der Waals surface area contributed by atoms with E-state index in [0.29, 0.717) is 23.3 Å². The smallest absolute Gasteiger partial charge is 0.296 e. The van der Waals surface area contributed by atoms with E-state index in [4.69, 9.17) is 4.74 Å². The molecule has 1 aliphatic heterocycles. The largest absolute Gasteiger partial charge is 0.481 e. The Morgan fingerprint density at radius 2 is 2.19 bits per heavy atom. The van der Waals surface area contributed by atoms with Gasteiger partial charge in [-0.1, -0.05) is 18.2 Å². The first-order valence-corrected chi connectivity index (χ1v) is 9.84. The minimum Gasteiger partial charge on any atom is -0.481 e. The monoisotopic (exact) mass is 380 g/mol. The highest BCUT2D eigenvalue weighted by Gasteiger charge is 2.61. The van der Waals surface area contributed by atoms with E-state index >= 15 is 8.78 Å². The lowest BCUT2D eigenvalue weighted by molar-refractivity contribution is -0.130. The number of aliphatic imine (C=N–C) groups is 1. The Hall–Kier alpha value is -1.50. The number of methoxy groups -OCH3 is 1. The lowest BCUT2D eigenvalue weighted by Gasteiger charge is -2.31. The third-order valence-electron chi connectivity index (χ3n) is 6.18. The summed E-state index contributed by atoms with van der Waals surface area (Å²) in [5.41, 5.74) is -0.274. The van der Waals surface area contributed by atoms with Crippen molar-refractivity contribution in [1.29, 1.82) is 0 Å². The van der Waals surface area contributed by atoms with Crippen LogP contribution in [-0.4, -0.2) is 27.8 Å². The Morgan fingerprint density at radius 1 is 1.38 bits per heavy atom. The van der Waals surface area contributed by atoms with Crippen LogP contribution in [-0.2, 0) is 10.7 Å². The van der Waals surface area contributed by atoms with Crippen LogP contribution >= 0.6 is 11.8 Å². The van der Waals surface area contributed by atoms with Gasteiger partial charge in [0.15, 0.2) is 4.75 Å². The Kier molecular flexibility index (Phi) is 4.33. The van der Waals surface area contributed by atoms with E-state index in [1.807, 2.05) is 0 Å². The van der Waals surface area contributed by atoms with Crippen LogP contribution in [0.3, 0.4) is 0 Å². The van der Waals surface area contributed by atoms with Crippen LogP contribution in [0.5, 0.6) is 5.88 Å². The summed E-state index contributed by atoms with van der Waals surface area (Å²) in [4.78, 5) is 20.4. The molecule has 2 saturated carbocycles. The fraction of sp³-hybridized carbons (Fsp3) is 0.632. The van der Waals surface area contributed by atoms with Gasteiger partial charge in [0.1, 0.15) is 0 Å². The average molecular weight is 380 g/mol. The van der Waals surface area contributed by atoms with Crippen LogP contribution in [0.2, 0.25) is 0 Å². The highest BCUT2D eigenvalue weighted by molar-refractivity contribution is 8.16. The number of ether oxygens (including phenoxy) is 1. The Bertz CT molecular complexity index is 770. The van der Waals surface area contributed by atoms with Crippen LogP contribution < -0.4 is 4.74 Å². The second-order valence-corrected chi connectivity index (χ2v) is 9.24. The molecule has 1 aromatic rings. The average Bonchev–Trinajstić information content (AvgIpc) is 3.31. The van der Waals surface area contributed by atoms with E-state index in [1.165, 1.54) is 51.6 Å². The van der Waals surface area contributed by atoms with E-state index in [-0.39, 0.29) is 11.4 Å². The van der Waals surface area contributed by atoms with Crippen molar-refractivity contribution in [2.24, 2.45) is 22.7 Å². The highest BCUT2D eigenvalue weighted by atomic mass is 32.2. The number of aromatic nitrogens is 1. The lowest BCUT2D eigenvalue weighted by atomic mass is 9.87. The number of carbonyl (C=O) groups is 1. The summed E-state index contributed by atoms with van der Waals surface area (Å²) in [6, 6.07) is 2.42. The fourth-order valence-electron chi connectivity index (χ4n) is 4.65. The molecule has 4 atom stereocenters. The molecule has 2 fully saturated rings. The molecular formula is C19H22F2N2O2S. The highest BCUT2D eigenvalue weighted by Crippen LogP contribution is 2.54. The van der Waals surface area contributed by atoms with Gasteiger partial charge in [-0.2, -0.15) is 8.78 Å². The third-order valence-corrected chi connectivity index (χ3v) is 7.52. The van der Waals surface area contributed by atoms with Gasteiger partial charge >= 0.3 is 0 Å². The number of pyridine rings is 1. The van der Waals surface area contributed by atoms with Gasteiger partial charge in [0.05, 0.1) is 12.2 Å². The number of thioether (sulfide) groups is 1. The quantitative estimate of drug-likeness (QED) is 0.758. The Balaban J connectivity index is 1.53. The molecule has 0 saturated heterocycles. The molecule has 0 radical (unpaired) electrons. The molecule has 0 spiro atoms. The Labute approximate surface area is 155 Å². The molecule has 1 amide bonds. The SMILES string of the molecule is COc1cc(C(F)(F)C2(C)SC(CC3CC4CCC3C4)=NC2=O)ccn1. The van der Waals surface area contributed by atoms with Crippen LogP contribution in [0.4, 0.5) is 8.78 Å². The molecule has 4 nitrogen and oxygen atoms in total. The molecule has 1 aromatic heterocycles. The number of hydrogen-bond acceptors (Lipinski definition) is 4. The molecule has 2 aliphatic carbocycles. The van der Waals surface area contributed by atoms with Crippen LogP contribution in [0.1, 0.15) is 44.6 Å². The minimum absolute atomic E-state index is 0.101. The van der Waals surface area contributed by atoms with E-state index in [9.17, 15) is 4.79 Å². The summed E-state index contributed by atoms with van der Waals surface area (Å²) in [5, 5.41) is 0.566. The topological polar surface area (TPSA) is 51.5 Å². The summed E-state index contributed by atoms with van der Waals surface area (Å²) < 4.78 is 33.5. The standard InChI is InChI=1S/C19H22F2N2O2S/c1-18(19(20,21)14-5-6-22-15(10-14)25-2)17(24)23-16(26-18)9-13-8-11-3-4-12(13)7-11/h5-6,10-13H,3-4,7-9H2,1-2H3. The van der Waals surface area contributed by atoms with Crippen LogP contribution in [0, 0.1) is 17.8 Å². The first kappa shape index (κ1) is 17.9. The first-order chi connectivity index (χ1) is 12.3. The minimum atomic E-state index is -3.37. The van der Waals surface area contributed by atoms with E-state index < -0.39 is 16.6 Å². The number of halogens is 2. The summed E-state index contributed by atoms with van der Waals surface area (Å²) in [6.45, 7) is 1.30. The first-order valence-electron chi connectivity index (χ1n) is 9.03. The van der Waals surface area contributed by atoms with Crippen LogP contribution in [0.15, 0.2) is 23.3 Å². The molecule has 7 heteroatoms.